The number of aliphatic carboxylic acids is 4. The van der Waals surface area contributed by atoms with Crippen molar-refractivity contribution in [2.75, 3.05) is 12.3 Å². The normalized spacial score (nSPS) is 13.8. The first-order valence-corrected chi connectivity index (χ1v) is 12.4. The number of hydrogen-bond acceptors (Lipinski definition) is 12. The summed E-state index contributed by atoms with van der Waals surface area (Å²) in [5.41, 5.74) is 5.52. The molecule has 10 N–H and O–H groups in total. The maximum absolute atomic E-state index is 12.4. The van der Waals surface area contributed by atoms with E-state index < -0.39 is 95.3 Å². The Kier molecular flexibility index (Phi) is 13.6. The molecule has 1 rings (SSSR count). The summed E-state index contributed by atoms with van der Waals surface area (Å²) < 4.78 is 4.78. The predicted molar refractivity (Wildman–Crippen MR) is 138 cm³/mol. The minimum atomic E-state index is -2.30. The van der Waals surface area contributed by atoms with E-state index in [0.717, 1.165) is 24.3 Å². The molecule has 1 aromatic carbocycles. The first kappa shape index (κ1) is 34.2. The lowest BCUT2D eigenvalue weighted by Gasteiger charge is -2.23. The molecule has 0 unspecified atom stereocenters. The van der Waals surface area contributed by atoms with Crippen LogP contribution in [0, 0.1) is 0 Å². The molecule has 0 fully saturated rings. The molecule has 0 saturated carbocycles. The van der Waals surface area contributed by atoms with E-state index in [1.807, 2.05) is 5.32 Å². The molecule has 0 radical (unpaired) electrons. The van der Waals surface area contributed by atoms with E-state index in [0.29, 0.717) is 0 Å². The Labute approximate surface area is 235 Å². The molecular weight excluding hydrogens is 574 g/mol. The second-order valence-corrected chi connectivity index (χ2v) is 9.26. The van der Waals surface area contributed by atoms with Gasteiger partial charge in [0.2, 0.25) is 17.9 Å². The average Bonchev–Trinajstić information content (AvgIpc) is 2.89. The van der Waals surface area contributed by atoms with Gasteiger partial charge in [-0.15, -0.1) is 11.8 Å². The molecule has 0 spiro atoms. The van der Waals surface area contributed by atoms with Crippen LogP contribution in [0.3, 0.4) is 0 Å². The third kappa shape index (κ3) is 12.3. The van der Waals surface area contributed by atoms with Crippen LogP contribution in [0.25, 0.3) is 6.08 Å². The second kappa shape index (κ2) is 16.3. The summed E-state index contributed by atoms with van der Waals surface area (Å²) in [5, 5.41) is 57.6. The molecule has 0 aliphatic carbocycles. The minimum absolute atomic E-state index is 0.198. The lowest BCUT2D eigenvalue weighted by Crippen LogP contribution is -2.50. The number of phenols is 2. The minimum Gasteiger partial charge on any atom is -0.504 e. The lowest BCUT2D eigenvalue weighted by atomic mass is 10.1. The standard InChI is InChI=1S/C23H27N3O14S/c24-11(21(34)35)3-5-15(29)26-12(20(33)25-8-16(30)31)9-41-19(23(38)39)18(22(36)37)40-17(32)6-2-10-1-4-13(27)14(28)7-10/h1-2,4,6-7,11-12,18-19,27-28H,3,5,8-9,24H2,(H,25,33)(H,26,29)(H,30,31)(H,34,35)(H,36,37)(H,38,39)/b6-2+/t11-,12-,18+,19+/m0/s1. The van der Waals surface area contributed by atoms with Crippen molar-refractivity contribution in [1.82, 2.24) is 10.6 Å². The molecule has 0 aromatic heterocycles. The van der Waals surface area contributed by atoms with Crippen LogP contribution in [0.2, 0.25) is 0 Å². The van der Waals surface area contributed by atoms with Crippen molar-refractivity contribution >= 4 is 59.5 Å². The molecule has 1 aromatic rings. The van der Waals surface area contributed by atoms with Crippen molar-refractivity contribution in [3.63, 3.8) is 0 Å². The van der Waals surface area contributed by atoms with Crippen LogP contribution < -0.4 is 16.4 Å². The largest absolute Gasteiger partial charge is 0.504 e. The Balaban J connectivity index is 3.03. The molecule has 2 amide bonds. The first-order chi connectivity index (χ1) is 19.1. The number of hydrogen-bond donors (Lipinski definition) is 9. The lowest BCUT2D eigenvalue weighted by molar-refractivity contribution is -0.163. The van der Waals surface area contributed by atoms with Gasteiger partial charge in [-0.25, -0.2) is 9.59 Å². The van der Waals surface area contributed by atoms with Crippen LogP contribution >= 0.6 is 11.8 Å². The van der Waals surface area contributed by atoms with Gasteiger partial charge >= 0.3 is 29.8 Å². The smallest absolute Gasteiger partial charge is 0.346 e. The van der Waals surface area contributed by atoms with Gasteiger partial charge in [0.1, 0.15) is 18.6 Å². The number of esters is 1. The van der Waals surface area contributed by atoms with Gasteiger partial charge in [0.05, 0.1) is 0 Å². The van der Waals surface area contributed by atoms with E-state index in [4.69, 9.17) is 20.7 Å². The van der Waals surface area contributed by atoms with E-state index in [9.17, 15) is 54.0 Å². The summed E-state index contributed by atoms with van der Waals surface area (Å²) in [7, 11) is 0. The van der Waals surface area contributed by atoms with Crippen LogP contribution in [-0.4, -0.2) is 108 Å². The fraction of sp³-hybridized carbons (Fsp3) is 0.348. The molecule has 4 atom stereocenters. The Morgan fingerprint density at radius 1 is 0.951 bits per heavy atom. The van der Waals surface area contributed by atoms with E-state index in [2.05, 4.69) is 5.32 Å². The van der Waals surface area contributed by atoms with Gasteiger partial charge in [-0.05, 0) is 30.2 Å². The number of benzene rings is 1. The topological polar surface area (TPSA) is 300 Å². The average molecular weight is 602 g/mol. The third-order valence-electron chi connectivity index (χ3n) is 4.92. The number of carboxylic acids is 4. The molecular formula is C23H27N3O14S. The molecule has 0 heterocycles. The highest BCUT2D eigenvalue weighted by atomic mass is 32.2. The zero-order chi connectivity index (χ0) is 31.3. The summed E-state index contributed by atoms with van der Waals surface area (Å²) in [6.45, 7) is -0.872. The maximum Gasteiger partial charge on any atom is 0.346 e. The molecule has 0 aliphatic heterocycles. The fourth-order valence-electron chi connectivity index (χ4n) is 2.85. The van der Waals surface area contributed by atoms with Crippen LogP contribution in [0.4, 0.5) is 0 Å². The van der Waals surface area contributed by atoms with Crippen molar-refractivity contribution in [3.05, 3.63) is 29.8 Å². The van der Waals surface area contributed by atoms with Crippen LogP contribution in [0.5, 0.6) is 11.5 Å². The van der Waals surface area contributed by atoms with Crippen molar-refractivity contribution in [2.45, 2.75) is 36.3 Å². The molecule has 18 heteroatoms. The number of nitrogens with two attached hydrogens (primary N) is 1. The number of carboxylic acid groups (broad SMARTS) is 4. The molecule has 17 nitrogen and oxygen atoms in total. The highest BCUT2D eigenvalue weighted by Gasteiger charge is 2.38. The number of ether oxygens (including phenoxy) is 1. The van der Waals surface area contributed by atoms with Gasteiger partial charge in [0.15, 0.2) is 16.7 Å². The van der Waals surface area contributed by atoms with Crippen LogP contribution in [0.15, 0.2) is 24.3 Å². The number of nitrogens with one attached hydrogen (secondary N) is 2. The maximum atomic E-state index is 12.4. The third-order valence-corrected chi connectivity index (χ3v) is 6.26. The van der Waals surface area contributed by atoms with Gasteiger partial charge in [-0.2, -0.15) is 0 Å². The number of phenolic OH excluding ortho intramolecular Hbond substituents is 2. The van der Waals surface area contributed by atoms with Crippen LogP contribution in [0.1, 0.15) is 18.4 Å². The SMILES string of the molecule is N[C@@H](CCC(=O)N[C@@H](CS[C@@H](C(=O)O)[C@@H](OC(=O)/C=C/c1ccc(O)c(O)c1)C(=O)O)C(=O)NCC(=O)O)C(=O)O. The van der Waals surface area contributed by atoms with Gasteiger partial charge in [-0.1, -0.05) is 6.07 Å². The Hall–Kier alpha value is -4.84. The first-order valence-electron chi connectivity index (χ1n) is 11.4. The molecule has 224 valence electrons. The van der Waals surface area contributed by atoms with Crippen molar-refractivity contribution < 1.29 is 68.9 Å². The number of thioether (sulfide) groups is 1. The molecule has 41 heavy (non-hydrogen) atoms. The highest BCUT2D eigenvalue weighted by Crippen LogP contribution is 2.25. The van der Waals surface area contributed by atoms with Crippen LogP contribution in [-0.2, 0) is 38.3 Å². The number of rotatable bonds is 17. The monoisotopic (exact) mass is 601 g/mol. The zero-order valence-electron chi connectivity index (χ0n) is 21.0. The Bertz CT molecular complexity index is 1200. The molecule has 0 aliphatic rings. The van der Waals surface area contributed by atoms with E-state index in [1.165, 1.54) is 6.07 Å². The molecule has 0 bridgehead atoms. The summed E-state index contributed by atoms with van der Waals surface area (Å²) in [6, 6.07) is 0.471. The van der Waals surface area contributed by atoms with Gasteiger partial charge in [-0.3, -0.25) is 24.0 Å². The van der Waals surface area contributed by atoms with Crippen molar-refractivity contribution in [3.8, 4) is 11.5 Å². The number of amides is 2. The number of carbonyl (C=O) groups excluding carboxylic acids is 3. The van der Waals surface area contributed by atoms with Crippen molar-refractivity contribution in [2.24, 2.45) is 5.73 Å². The summed E-state index contributed by atoms with van der Waals surface area (Å²) >= 11 is 0.284. The summed E-state index contributed by atoms with van der Waals surface area (Å²) in [4.78, 5) is 82.1. The van der Waals surface area contributed by atoms with Gasteiger partial charge in [0.25, 0.3) is 0 Å². The quantitative estimate of drug-likeness (QED) is 0.0539. The second-order valence-electron chi connectivity index (χ2n) is 8.08. The molecule has 0 saturated heterocycles. The van der Waals surface area contributed by atoms with Gasteiger partial charge in [0, 0.05) is 18.2 Å². The highest BCUT2D eigenvalue weighted by molar-refractivity contribution is 8.00. The van der Waals surface area contributed by atoms with Gasteiger partial charge < -0.3 is 51.7 Å². The summed E-state index contributed by atoms with van der Waals surface area (Å²) in [6.07, 6.45) is -1.28. The zero-order valence-corrected chi connectivity index (χ0v) is 21.8. The predicted octanol–water partition coefficient (Wildman–Crippen LogP) is -1.83. The number of carbonyl (C=O) groups is 7. The van der Waals surface area contributed by atoms with E-state index in [-0.39, 0.29) is 23.7 Å². The Morgan fingerprint density at radius 2 is 1.61 bits per heavy atom. The van der Waals surface area contributed by atoms with Crippen molar-refractivity contribution in [1.29, 1.82) is 0 Å². The van der Waals surface area contributed by atoms with E-state index >= 15 is 0 Å². The number of aromatic hydroxyl groups is 2. The fourth-order valence-corrected chi connectivity index (χ4v) is 3.97. The Morgan fingerprint density at radius 3 is 2.15 bits per heavy atom. The summed E-state index contributed by atoms with van der Waals surface area (Å²) in [5.74, 6) is -11.3. The van der Waals surface area contributed by atoms with E-state index in [1.54, 1.807) is 0 Å².